The zero-order chi connectivity index (χ0) is 14.7. The average molecular weight is 329 g/mol. The Morgan fingerprint density at radius 3 is 2.20 bits per heavy atom. The molecule has 0 spiro atoms. The van der Waals surface area contributed by atoms with Gasteiger partial charge in [-0.3, -0.25) is 0 Å². The Kier molecular flexibility index (Phi) is 5.20. The van der Waals surface area contributed by atoms with Gasteiger partial charge in [-0.05, 0) is 48.1 Å². The molecule has 1 nitrogen and oxygen atoms in total. The van der Waals surface area contributed by atoms with Gasteiger partial charge in [0, 0.05) is 5.02 Å². The van der Waals surface area contributed by atoms with Crippen LogP contribution in [0.5, 0.6) is 0 Å². The van der Waals surface area contributed by atoms with E-state index in [0.717, 1.165) is 29.0 Å². The molecule has 0 radical (unpaired) electrons. The number of nitrogens with two attached hydrogens (primary N) is 1. The van der Waals surface area contributed by atoms with Gasteiger partial charge in [0.05, 0.1) is 15.7 Å². The van der Waals surface area contributed by atoms with Gasteiger partial charge in [-0.2, -0.15) is 0 Å². The van der Waals surface area contributed by atoms with Crippen molar-refractivity contribution in [3.05, 3.63) is 62.6 Å². The molecule has 2 aromatic carbocycles. The van der Waals surface area contributed by atoms with Crippen LogP contribution in [-0.4, -0.2) is 0 Å². The van der Waals surface area contributed by atoms with Gasteiger partial charge in [0.1, 0.15) is 0 Å². The fourth-order valence-electron chi connectivity index (χ4n) is 2.13. The number of hydrogen-bond acceptors (Lipinski definition) is 1. The summed E-state index contributed by atoms with van der Waals surface area (Å²) in [5.41, 5.74) is 8.45. The maximum absolute atomic E-state index is 6.17. The van der Waals surface area contributed by atoms with Gasteiger partial charge in [-0.15, -0.1) is 0 Å². The van der Waals surface area contributed by atoms with Crippen LogP contribution in [0.4, 0.5) is 5.69 Å². The van der Waals surface area contributed by atoms with E-state index in [0.29, 0.717) is 21.7 Å². The molecule has 2 rings (SSSR count). The highest BCUT2D eigenvalue weighted by Crippen LogP contribution is 2.33. The van der Waals surface area contributed by atoms with Crippen LogP contribution in [-0.2, 0) is 6.42 Å². The maximum atomic E-state index is 6.17. The van der Waals surface area contributed by atoms with Crippen LogP contribution in [0, 0.1) is 0 Å². The van der Waals surface area contributed by atoms with E-state index < -0.39 is 0 Å². The molecule has 1 atom stereocenters. The summed E-state index contributed by atoms with van der Waals surface area (Å²) in [5.74, 6) is 0.335. The Morgan fingerprint density at radius 2 is 1.60 bits per heavy atom. The lowest BCUT2D eigenvalue weighted by Gasteiger charge is -2.14. The number of hydrogen-bond donors (Lipinski definition) is 1. The van der Waals surface area contributed by atoms with E-state index in [1.165, 1.54) is 0 Å². The molecule has 106 valence electrons. The summed E-state index contributed by atoms with van der Waals surface area (Å²) < 4.78 is 0. The molecule has 0 saturated heterocycles. The van der Waals surface area contributed by atoms with Crippen molar-refractivity contribution in [2.24, 2.45) is 0 Å². The minimum Gasteiger partial charge on any atom is -0.396 e. The third kappa shape index (κ3) is 3.60. The summed E-state index contributed by atoms with van der Waals surface area (Å²) in [5, 5.41) is 1.84. The molecule has 0 saturated carbocycles. The molecule has 20 heavy (non-hydrogen) atoms. The van der Waals surface area contributed by atoms with E-state index >= 15 is 0 Å². The predicted octanol–water partition coefficient (Wildman–Crippen LogP) is 5.97. The van der Waals surface area contributed by atoms with Crippen molar-refractivity contribution in [2.45, 2.75) is 25.7 Å². The highest BCUT2D eigenvalue weighted by atomic mass is 35.5. The van der Waals surface area contributed by atoms with E-state index in [1.54, 1.807) is 0 Å². The molecule has 0 aliphatic rings. The summed E-state index contributed by atoms with van der Waals surface area (Å²) >= 11 is 18.3. The second-order valence-electron chi connectivity index (χ2n) is 4.93. The van der Waals surface area contributed by atoms with Crippen molar-refractivity contribution >= 4 is 40.5 Å². The smallest absolute Gasteiger partial charge is 0.0693 e. The summed E-state index contributed by atoms with van der Waals surface area (Å²) in [6, 6.07) is 11.7. The Hall–Kier alpha value is -0.890. The van der Waals surface area contributed by atoms with Crippen molar-refractivity contribution in [2.75, 3.05) is 5.73 Å². The summed E-state index contributed by atoms with van der Waals surface area (Å²) in [6.07, 6.45) is 1.89. The first-order valence-electron chi connectivity index (χ1n) is 6.47. The van der Waals surface area contributed by atoms with Gasteiger partial charge in [-0.1, -0.05) is 59.9 Å². The Morgan fingerprint density at radius 1 is 1.00 bits per heavy atom. The monoisotopic (exact) mass is 327 g/mol. The van der Waals surface area contributed by atoms with Gasteiger partial charge < -0.3 is 5.73 Å². The van der Waals surface area contributed by atoms with Crippen molar-refractivity contribution < 1.29 is 0 Å². The topological polar surface area (TPSA) is 26.0 Å². The molecular weight excluding hydrogens is 313 g/mol. The average Bonchev–Trinajstić information content (AvgIpc) is 2.43. The first-order valence-corrected chi connectivity index (χ1v) is 7.60. The molecule has 2 N–H and O–H groups in total. The molecule has 0 amide bonds. The van der Waals surface area contributed by atoms with E-state index in [9.17, 15) is 0 Å². The molecule has 0 aromatic heterocycles. The lowest BCUT2D eigenvalue weighted by atomic mass is 9.94. The Bertz CT molecular complexity index is 587. The van der Waals surface area contributed by atoms with E-state index in [1.807, 2.05) is 30.3 Å². The largest absolute Gasteiger partial charge is 0.396 e. The number of anilines is 1. The highest BCUT2D eigenvalue weighted by Gasteiger charge is 2.11. The maximum Gasteiger partial charge on any atom is 0.0693 e. The van der Waals surface area contributed by atoms with Crippen LogP contribution >= 0.6 is 34.8 Å². The number of rotatable bonds is 4. The predicted molar refractivity (Wildman–Crippen MR) is 89.1 cm³/mol. The summed E-state index contributed by atoms with van der Waals surface area (Å²) in [7, 11) is 0. The van der Waals surface area contributed by atoms with Crippen LogP contribution < -0.4 is 5.73 Å². The van der Waals surface area contributed by atoms with Crippen LogP contribution in [0.1, 0.15) is 30.4 Å². The van der Waals surface area contributed by atoms with Crippen LogP contribution in [0.15, 0.2) is 36.4 Å². The summed E-state index contributed by atoms with van der Waals surface area (Å²) in [6.45, 7) is 2.15. The molecule has 0 aliphatic carbocycles. The number of halogens is 3. The van der Waals surface area contributed by atoms with Crippen LogP contribution in [0.2, 0.25) is 15.1 Å². The van der Waals surface area contributed by atoms with Gasteiger partial charge >= 0.3 is 0 Å². The minimum absolute atomic E-state index is 0.335. The molecule has 1 unspecified atom stereocenters. The van der Waals surface area contributed by atoms with Crippen LogP contribution in [0.25, 0.3) is 0 Å². The number of nitrogen functional groups attached to an aromatic ring is 1. The fourth-order valence-corrected chi connectivity index (χ4v) is 2.86. The van der Waals surface area contributed by atoms with E-state index in [2.05, 4.69) is 13.0 Å². The van der Waals surface area contributed by atoms with Gasteiger partial charge in [0.25, 0.3) is 0 Å². The molecule has 0 bridgehead atoms. The summed E-state index contributed by atoms with van der Waals surface area (Å²) in [4.78, 5) is 0. The van der Waals surface area contributed by atoms with Crippen molar-refractivity contribution in [3.63, 3.8) is 0 Å². The normalized spacial score (nSPS) is 12.4. The second-order valence-corrected chi connectivity index (χ2v) is 6.15. The molecule has 0 aliphatic heterocycles. The zero-order valence-corrected chi connectivity index (χ0v) is 13.4. The lowest BCUT2D eigenvalue weighted by Crippen LogP contribution is -1.99. The van der Waals surface area contributed by atoms with E-state index in [4.69, 9.17) is 40.5 Å². The molecule has 0 heterocycles. The number of aryl methyl sites for hydroxylation is 1. The van der Waals surface area contributed by atoms with Gasteiger partial charge in [0.15, 0.2) is 0 Å². The Labute approximate surface area is 134 Å². The first kappa shape index (κ1) is 15.5. The Balaban J connectivity index is 2.09. The van der Waals surface area contributed by atoms with Gasteiger partial charge in [-0.25, -0.2) is 0 Å². The first-order chi connectivity index (χ1) is 9.49. The fraction of sp³-hybridized carbons (Fsp3) is 0.250. The standard InChI is InChI=1S/C16H16Cl3N/c1-10(6-7-11-4-2-3-5-13(11)17)12-8-14(18)16(20)15(19)9-12/h2-5,8-10H,6-7,20H2,1H3. The van der Waals surface area contributed by atoms with Crippen molar-refractivity contribution in [1.82, 2.24) is 0 Å². The third-order valence-corrected chi connectivity index (χ3v) is 4.47. The van der Waals surface area contributed by atoms with E-state index in [-0.39, 0.29) is 0 Å². The van der Waals surface area contributed by atoms with Crippen LogP contribution in [0.3, 0.4) is 0 Å². The molecule has 0 fully saturated rings. The number of benzene rings is 2. The SMILES string of the molecule is CC(CCc1ccccc1Cl)c1cc(Cl)c(N)c(Cl)c1. The molecule has 4 heteroatoms. The quantitative estimate of drug-likeness (QED) is 0.688. The minimum atomic E-state index is 0.335. The third-order valence-electron chi connectivity index (χ3n) is 3.47. The van der Waals surface area contributed by atoms with Gasteiger partial charge in [0.2, 0.25) is 0 Å². The molecular formula is C16H16Cl3N. The zero-order valence-electron chi connectivity index (χ0n) is 11.2. The van der Waals surface area contributed by atoms with Crippen molar-refractivity contribution in [1.29, 1.82) is 0 Å². The molecule has 2 aromatic rings. The highest BCUT2D eigenvalue weighted by molar-refractivity contribution is 6.38. The van der Waals surface area contributed by atoms with Crippen molar-refractivity contribution in [3.8, 4) is 0 Å². The second kappa shape index (κ2) is 6.71. The lowest BCUT2D eigenvalue weighted by molar-refractivity contribution is 0.680.